The Morgan fingerprint density at radius 1 is 1.08 bits per heavy atom. The average Bonchev–Trinajstić information content (AvgIpc) is 3.06. The molecule has 0 aromatic carbocycles. The number of hydrogen-bond acceptors (Lipinski definition) is 4. The summed E-state index contributed by atoms with van der Waals surface area (Å²) < 4.78 is 11.0. The number of ether oxygens (including phenoxy) is 1. The second kappa shape index (κ2) is 8.52. The van der Waals surface area contributed by atoms with Crippen molar-refractivity contribution < 1.29 is 18.7 Å². The summed E-state index contributed by atoms with van der Waals surface area (Å²) in [6.07, 6.45) is 9.83. The summed E-state index contributed by atoms with van der Waals surface area (Å²) in [5, 5.41) is 0. The second-order valence-corrected chi connectivity index (χ2v) is 7.02. The highest BCUT2D eigenvalue weighted by Crippen LogP contribution is 2.21. The van der Waals surface area contributed by atoms with Gasteiger partial charge in [-0.15, -0.1) is 0 Å². The van der Waals surface area contributed by atoms with Gasteiger partial charge in [-0.25, -0.2) is 0 Å². The normalized spacial score (nSPS) is 21.0. The number of furan rings is 1. The predicted molar refractivity (Wildman–Crippen MR) is 93.2 cm³/mol. The lowest BCUT2D eigenvalue weighted by molar-refractivity contribution is -0.148. The van der Waals surface area contributed by atoms with Crippen LogP contribution in [0.25, 0.3) is 0 Å². The Balaban J connectivity index is 1.46. The van der Waals surface area contributed by atoms with E-state index >= 15 is 0 Å². The fraction of sp³-hybridized carbons (Fsp3) is 0.684. The molecule has 0 N–H and O–H groups in total. The topological polar surface area (TPSA) is 63.0 Å². The van der Waals surface area contributed by atoms with Gasteiger partial charge in [0.2, 0.25) is 0 Å². The van der Waals surface area contributed by atoms with E-state index in [-0.39, 0.29) is 17.9 Å². The molecule has 2 heterocycles. The van der Waals surface area contributed by atoms with Crippen molar-refractivity contribution in [3.63, 3.8) is 0 Å². The lowest BCUT2D eigenvalue weighted by atomic mass is 10.1. The van der Waals surface area contributed by atoms with Crippen LogP contribution in [0.1, 0.15) is 55.8 Å². The number of carbonyl (C=O) groups excluding carboxylic acids is 2. The van der Waals surface area contributed by atoms with E-state index < -0.39 is 6.10 Å². The van der Waals surface area contributed by atoms with Crippen molar-refractivity contribution in [2.45, 2.75) is 57.7 Å². The Morgan fingerprint density at radius 2 is 1.72 bits per heavy atom. The zero-order valence-electron chi connectivity index (χ0n) is 15.0. The van der Waals surface area contributed by atoms with Gasteiger partial charge in [0.15, 0.2) is 0 Å². The van der Waals surface area contributed by atoms with E-state index in [1.807, 2.05) is 11.8 Å². The highest BCUT2D eigenvalue weighted by atomic mass is 16.5. The SMILES string of the molecule is CC(OC1CCCCCC1)C(=O)N1CCN(C(=O)c2ccoc2)CC1. The smallest absolute Gasteiger partial charge is 0.257 e. The lowest BCUT2D eigenvalue weighted by Crippen LogP contribution is -2.53. The molecule has 138 valence electrons. The van der Waals surface area contributed by atoms with Gasteiger partial charge in [0.05, 0.1) is 17.9 Å². The molecule has 1 aromatic heterocycles. The summed E-state index contributed by atoms with van der Waals surface area (Å²) >= 11 is 0. The van der Waals surface area contributed by atoms with Gasteiger partial charge in [-0.1, -0.05) is 25.7 Å². The summed E-state index contributed by atoms with van der Waals surface area (Å²) in [6.45, 7) is 4.07. The lowest BCUT2D eigenvalue weighted by Gasteiger charge is -2.36. The maximum absolute atomic E-state index is 12.6. The van der Waals surface area contributed by atoms with E-state index in [9.17, 15) is 9.59 Å². The van der Waals surface area contributed by atoms with Crippen molar-refractivity contribution in [3.8, 4) is 0 Å². The van der Waals surface area contributed by atoms with Crippen molar-refractivity contribution in [2.24, 2.45) is 0 Å². The molecule has 1 atom stereocenters. The first-order valence-electron chi connectivity index (χ1n) is 9.41. The second-order valence-electron chi connectivity index (χ2n) is 7.02. The molecule has 1 aromatic rings. The Kier molecular flexibility index (Phi) is 6.13. The van der Waals surface area contributed by atoms with Gasteiger partial charge in [-0.2, -0.15) is 0 Å². The maximum Gasteiger partial charge on any atom is 0.257 e. The first-order chi connectivity index (χ1) is 12.1. The van der Waals surface area contributed by atoms with Crippen molar-refractivity contribution in [2.75, 3.05) is 26.2 Å². The fourth-order valence-corrected chi connectivity index (χ4v) is 3.68. The van der Waals surface area contributed by atoms with E-state index in [0.717, 1.165) is 12.8 Å². The first-order valence-corrected chi connectivity index (χ1v) is 9.41. The van der Waals surface area contributed by atoms with Crippen LogP contribution < -0.4 is 0 Å². The van der Waals surface area contributed by atoms with Crippen molar-refractivity contribution in [1.29, 1.82) is 0 Å². The summed E-state index contributed by atoms with van der Waals surface area (Å²) in [6, 6.07) is 1.67. The molecule has 0 radical (unpaired) electrons. The molecular weight excluding hydrogens is 320 g/mol. The fourth-order valence-electron chi connectivity index (χ4n) is 3.68. The largest absolute Gasteiger partial charge is 0.472 e. The van der Waals surface area contributed by atoms with Gasteiger partial charge in [0, 0.05) is 26.2 Å². The highest BCUT2D eigenvalue weighted by Gasteiger charge is 2.29. The van der Waals surface area contributed by atoms with Crippen molar-refractivity contribution >= 4 is 11.8 Å². The molecule has 2 aliphatic rings. The molecule has 1 unspecified atom stereocenters. The molecule has 1 aliphatic heterocycles. The predicted octanol–water partition coefficient (Wildman–Crippen LogP) is 2.69. The Labute approximate surface area is 149 Å². The highest BCUT2D eigenvalue weighted by molar-refractivity contribution is 5.94. The van der Waals surface area contributed by atoms with E-state index in [4.69, 9.17) is 9.15 Å². The number of amides is 2. The number of rotatable bonds is 4. The standard InChI is InChI=1S/C19H28N2O4/c1-15(25-17-6-4-2-3-5-7-17)18(22)20-9-11-21(12-10-20)19(23)16-8-13-24-14-16/h8,13-15,17H,2-7,9-12H2,1H3. The van der Waals surface area contributed by atoms with Crippen LogP contribution in [0.5, 0.6) is 0 Å². The Morgan fingerprint density at radius 3 is 2.32 bits per heavy atom. The van der Waals surface area contributed by atoms with Crippen LogP contribution in [0, 0.1) is 0 Å². The molecule has 6 nitrogen and oxygen atoms in total. The molecular formula is C19H28N2O4. The number of nitrogens with zero attached hydrogens (tertiary/aromatic N) is 2. The minimum atomic E-state index is -0.403. The van der Waals surface area contributed by atoms with Crippen LogP contribution in [0.2, 0.25) is 0 Å². The van der Waals surface area contributed by atoms with Crippen molar-refractivity contribution in [1.82, 2.24) is 9.80 Å². The van der Waals surface area contributed by atoms with Crippen LogP contribution in [0.15, 0.2) is 23.0 Å². The number of carbonyl (C=O) groups is 2. The van der Waals surface area contributed by atoms with Gasteiger partial charge in [-0.3, -0.25) is 9.59 Å². The summed E-state index contributed by atoms with van der Waals surface area (Å²) in [7, 11) is 0. The molecule has 1 saturated carbocycles. The van der Waals surface area contributed by atoms with E-state index in [1.165, 1.54) is 38.2 Å². The Hall–Kier alpha value is -1.82. The first kappa shape index (κ1) is 18.0. The van der Waals surface area contributed by atoms with Crippen LogP contribution in [-0.2, 0) is 9.53 Å². The maximum atomic E-state index is 12.6. The molecule has 0 spiro atoms. The molecule has 25 heavy (non-hydrogen) atoms. The zero-order valence-corrected chi connectivity index (χ0v) is 15.0. The molecule has 2 amide bonds. The third-order valence-electron chi connectivity index (χ3n) is 5.19. The van der Waals surface area contributed by atoms with Crippen LogP contribution in [0.3, 0.4) is 0 Å². The van der Waals surface area contributed by atoms with Crippen LogP contribution in [0.4, 0.5) is 0 Å². The third kappa shape index (κ3) is 4.63. The third-order valence-corrected chi connectivity index (χ3v) is 5.19. The molecule has 3 rings (SSSR count). The van der Waals surface area contributed by atoms with Gasteiger partial charge in [0.1, 0.15) is 12.4 Å². The number of piperazine rings is 1. The zero-order chi connectivity index (χ0) is 17.6. The molecule has 2 fully saturated rings. The molecule has 6 heteroatoms. The summed E-state index contributed by atoms with van der Waals surface area (Å²) in [5.41, 5.74) is 0.560. The van der Waals surface area contributed by atoms with Gasteiger partial charge in [0.25, 0.3) is 11.8 Å². The molecule has 0 bridgehead atoms. The van der Waals surface area contributed by atoms with Crippen molar-refractivity contribution in [3.05, 3.63) is 24.2 Å². The summed E-state index contributed by atoms with van der Waals surface area (Å²) in [4.78, 5) is 28.5. The molecule has 1 saturated heterocycles. The number of hydrogen-bond donors (Lipinski definition) is 0. The van der Waals surface area contributed by atoms with E-state index in [2.05, 4.69) is 0 Å². The average molecular weight is 348 g/mol. The Bertz CT molecular complexity index is 556. The van der Waals surface area contributed by atoms with Gasteiger partial charge >= 0.3 is 0 Å². The van der Waals surface area contributed by atoms with Crippen LogP contribution in [-0.4, -0.2) is 60.0 Å². The van der Waals surface area contributed by atoms with E-state index in [0.29, 0.717) is 31.7 Å². The van der Waals surface area contributed by atoms with Crippen LogP contribution >= 0.6 is 0 Å². The minimum absolute atomic E-state index is 0.0383. The minimum Gasteiger partial charge on any atom is -0.472 e. The quantitative estimate of drug-likeness (QED) is 0.785. The van der Waals surface area contributed by atoms with Gasteiger partial charge < -0.3 is 19.0 Å². The van der Waals surface area contributed by atoms with Gasteiger partial charge in [-0.05, 0) is 25.8 Å². The molecule has 1 aliphatic carbocycles. The summed E-state index contributed by atoms with van der Waals surface area (Å²) in [5.74, 6) is 0.00302. The monoisotopic (exact) mass is 348 g/mol. The van der Waals surface area contributed by atoms with E-state index in [1.54, 1.807) is 11.0 Å².